The van der Waals surface area contributed by atoms with E-state index in [2.05, 4.69) is 62.1 Å². The van der Waals surface area contributed by atoms with E-state index in [-0.39, 0.29) is 0 Å². The summed E-state index contributed by atoms with van der Waals surface area (Å²) in [7, 11) is 0. The second-order valence-electron chi connectivity index (χ2n) is 5.91. The Morgan fingerprint density at radius 2 is 1.80 bits per heavy atom. The summed E-state index contributed by atoms with van der Waals surface area (Å²) in [6.45, 7) is 7.53. The molecule has 0 aromatic heterocycles. The summed E-state index contributed by atoms with van der Waals surface area (Å²) in [6, 6.07) is 13.7. The molecule has 1 atom stereocenters. The predicted molar refractivity (Wildman–Crippen MR) is 84.7 cm³/mol. The average Bonchev–Trinajstić information content (AvgIpc) is 2.81. The van der Waals surface area contributed by atoms with Crippen LogP contribution < -0.4 is 4.90 Å². The zero-order chi connectivity index (χ0) is 13.9. The highest BCUT2D eigenvalue weighted by Gasteiger charge is 2.35. The highest BCUT2D eigenvalue weighted by Crippen LogP contribution is 2.44. The van der Waals surface area contributed by atoms with Gasteiger partial charge in [0.05, 0.1) is 18.3 Å². The highest BCUT2D eigenvalue weighted by atomic mass is 15.3. The molecule has 100 valence electrons. The Morgan fingerprint density at radius 3 is 2.60 bits per heavy atom. The number of benzene rings is 2. The van der Waals surface area contributed by atoms with Crippen molar-refractivity contribution in [2.75, 3.05) is 11.4 Å². The van der Waals surface area contributed by atoms with Gasteiger partial charge in [-0.25, -0.2) is 0 Å². The predicted octanol–water partition coefficient (Wildman–Crippen LogP) is 3.94. The van der Waals surface area contributed by atoms with Crippen LogP contribution >= 0.6 is 0 Å². The average molecular weight is 262 g/mol. The van der Waals surface area contributed by atoms with Gasteiger partial charge < -0.3 is 4.90 Å². The maximum Gasteiger partial charge on any atom is 0.136 e. The van der Waals surface area contributed by atoms with E-state index in [1.165, 1.54) is 33.5 Å². The van der Waals surface area contributed by atoms with E-state index in [0.717, 1.165) is 12.4 Å². The number of hydrogen-bond acceptors (Lipinski definition) is 2. The van der Waals surface area contributed by atoms with Gasteiger partial charge in [0.2, 0.25) is 0 Å². The van der Waals surface area contributed by atoms with Crippen molar-refractivity contribution in [3.8, 4) is 11.1 Å². The van der Waals surface area contributed by atoms with Crippen molar-refractivity contribution in [2.24, 2.45) is 4.99 Å². The van der Waals surface area contributed by atoms with Gasteiger partial charge in [-0.1, -0.05) is 35.9 Å². The summed E-state index contributed by atoms with van der Waals surface area (Å²) in [5.74, 6) is 1.15. The lowest BCUT2D eigenvalue weighted by Gasteiger charge is -2.35. The molecule has 0 N–H and O–H groups in total. The molecule has 4 rings (SSSR count). The topological polar surface area (TPSA) is 15.6 Å². The Hall–Kier alpha value is -2.09. The Labute approximate surface area is 119 Å². The number of amidine groups is 1. The van der Waals surface area contributed by atoms with Crippen molar-refractivity contribution >= 4 is 11.5 Å². The Kier molecular flexibility index (Phi) is 2.31. The van der Waals surface area contributed by atoms with Crippen molar-refractivity contribution in [3.05, 3.63) is 53.1 Å². The van der Waals surface area contributed by atoms with E-state index in [9.17, 15) is 0 Å². The number of hydrogen-bond donors (Lipinski definition) is 0. The van der Waals surface area contributed by atoms with Crippen LogP contribution in [0, 0.1) is 13.8 Å². The van der Waals surface area contributed by atoms with E-state index in [4.69, 9.17) is 4.99 Å². The van der Waals surface area contributed by atoms with Crippen LogP contribution in [0.1, 0.15) is 23.6 Å². The first-order valence-corrected chi connectivity index (χ1v) is 7.21. The molecule has 2 aliphatic heterocycles. The molecule has 0 fully saturated rings. The van der Waals surface area contributed by atoms with Gasteiger partial charge in [-0.05, 0) is 38.0 Å². The summed E-state index contributed by atoms with van der Waals surface area (Å²) in [5, 5.41) is 0. The molecule has 0 saturated heterocycles. The number of rotatable bonds is 0. The van der Waals surface area contributed by atoms with Gasteiger partial charge in [0.15, 0.2) is 0 Å². The van der Waals surface area contributed by atoms with Gasteiger partial charge in [0, 0.05) is 11.1 Å². The zero-order valence-electron chi connectivity index (χ0n) is 12.1. The minimum atomic E-state index is 0.443. The van der Waals surface area contributed by atoms with Crippen LogP contribution in [-0.4, -0.2) is 18.4 Å². The van der Waals surface area contributed by atoms with Gasteiger partial charge in [-0.15, -0.1) is 0 Å². The second kappa shape index (κ2) is 3.95. The maximum absolute atomic E-state index is 4.79. The van der Waals surface area contributed by atoms with E-state index in [1.54, 1.807) is 0 Å². The number of anilines is 1. The number of fused-ring (bicyclic) bond motifs is 6. The zero-order valence-corrected chi connectivity index (χ0v) is 12.1. The first-order valence-electron chi connectivity index (χ1n) is 7.21. The fourth-order valence-electron chi connectivity index (χ4n) is 3.52. The molecular weight excluding hydrogens is 244 g/mol. The molecule has 2 heteroatoms. The molecule has 2 aliphatic rings. The van der Waals surface area contributed by atoms with Gasteiger partial charge in [0.1, 0.15) is 5.84 Å². The molecule has 0 amide bonds. The Bertz CT molecular complexity index is 743. The fraction of sp³-hybridized carbons (Fsp3) is 0.278. The molecule has 0 radical (unpaired) electrons. The molecule has 2 heterocycles. The van der Waals surface area contributed by atoms with Crippen molar-refractivity contribution in [3.63, 3.8) is 0 Å². The van der Waals surface area contributed by atoms with Crippen LogP contribution in [0.4, 0.5) is 5.69 Å². The molecule has 0 aliphatic carbocycles. The van der Waals surface area contributed by atoms with Crippen LogP contribution in [0.3, 0.4) is 0 Å². The molecular formula is C18H18N2. The summed E-state index contributed by atoms with van der Waals surface area (Å²) in [6.07, 6.45) is 0. The van der Waals surface area contributed by atoms with Crippen LogP contribution in [0.15, 0.2) is 41.4 Å². The quantitative estimate of drug-likeness (QED) is 0.702. The van der Waals surface area contributed by atoms with E-state index in [0.29, 0.717) is 6.04 Å². The normalized spacial score (nSPS) is 19.2. The summed E-state index contributed by atoms with van der Waals surface area (Å²) < 4.78 is 0. The molecule has 0 spiro atoms. The second-order valence-corrected chi connectivity index (χ2v) is 5.91. The minimum Gasteiger partial charge on any atom is -0.321 e. The smallest absolute Gasteiger partial charge is 0.136 e. The molecule has 0 bridgehead atoms. The third-order valence-electron chi connectivity index (χ3n) is 4.32. The fourth-order valence-corrected chi connectivity index (χ4v) is 3.52. The van der Waals surface area contributed by atoms with Crippen molar-refractivity contribution < 1.29 is 0 Å². The minimum absolute atomic E-state index is 0.443. The maximum atomic E-state index is 4.79. The lowest BCUT2D eigenvalue weighted by molar-refractivity contribution is 0.782. The third-order valence-corrected chi connectivity index (χ3v) is 4.32. The van der Waals surface area contributed by atoms with E-state index < -0.39 is 0 Å². The monoisotopic (exact) mass is 262 g/mol. The van der Waals surface area contributed by atoms with Crippen molar-refractivity contribution in [1.82, 2.24) is 0 Å². The molecule has 2 aromatic rings. The van der Waals surface area contributed by atoms with Crippen molar-refractivity contribution in [2.45, 2.75) is 26.8 Å². The van der Waals surface area contributed by atoms with Crippen LogP contribution in [0.2, 0.25) is 0 Å². The van der Waals surface area contributed by atoms with Gasteiger partial charge in [-0.3, -0.25) is 4.99 Å². The molecule has 2 nitrogen and oxygen atoms in total. The Balaban J connectivity index is 2.11. The number of aliphatic imine (C=N–C) groups is 1. The number of aryl methyl sites for hydroxylation is 2. The molecule has 20 heavy (non-hydrogen) atoms. The summed E-state index contributed by atoms with van der Waals surface area (Å²) in [5.41, 5.74) is 7.95. The van der Waals surface area contributed by atoms with Gasteiger partial charge >= 0.3 is 0 Å². The van der Waals surface area contributed by atoms with Gasteiger partial charge in [0.25, 0.3) is 0 Å². The van der Waals surface area contributed by atoms with Crippen LogP contribution in [-0.2, 0) is 0 Å². The van der Waals surface area contributed by atoms with Crippen LogP contribution in [0.25, 0.3) is 11.1 Å². The SMILES string of the molecule is Cc1cc(C)c2c(c1)-c1ccccc1C1=NCC(C)N12. The summed E-state index contributed by atoms with van der Waals surface area (Å²) in [4.78, 5) is 7.21. The summed E-state index contributed by atoms with van der Waals surface area (Å²) >= 11 is 0. The van der Waals surface area contributed by atoms with Crippen LogP contribution in [0.5, 0.6) is 0 Å². The first-order chi connectivity index (χ1) is 9.66. The highest BCUT2D eigenvalue weighted by molar-refractivity contribution is 6.20. The number of nitrogens with zero attached hydrogens (tertiary/aromatic N) is 2. The first kappa shape index (κ1) is 11.7. The molecule has 0 saturated carbocycles. The van der Waals surface area contributed by atoms with Crippen molar-refractivity contribution in [1.29, 1.82) is 0 Å². The lowest BCUT2D eigenvalue weighted by atomic mass is 9.89. The third kappa shape index (κ3) is 1.42. The Morgan fingerprint density at radius 1 is 1.05 bits per heavy atom. The molecule has 1 unspecified atom stereocenters. The standard InChI is InChI=1S/C18H18N2/c1-11-8-12(2)17-16(9-11)14-6-4-5-7-15(14)18-19-10-13(3)20(17)18/h4-9,13H,10H2,1-3H3. The van der Waals surface area contributed by atoms with E-state index >= 15 is 0 Å². The largest absolute Gasteiger partial charge is 0.321 e. The molecule has 2 aromatic carbocycles. The lowest BCUT2D eigenvalue weighted by Crippen LogP contribution is -2.38. The van der Waals surface area contributed by atoms with E-state index in [1.807, 2.05) is 0 Å². The van der Waals surface area contributed by atoms with Gasteiger partial charge in [-0.2, -0.15) is 0 Å².